The van der Waals surface area contributed by atoms with E-state index in [-0.39, 0.29) is 17.3 Å². The number of piperazine rings is 1. The number of halogens is 4. The normalized spacial score (nSPS) is 14.8. The van der Waals surface area contributed by atoms with Gasteiger partial charge in [0, 0.05) is 38.4 Å². The second-order valence-electron chi connectivity index (χ2n) is 7.72. The molecule has 0 amide bonds. The van der Waals surface area contributed by atoms with Gasteiger partial charge in [-0.1, -0.05) is 41.9 Å². The summed E-state index contributed by atoms with van der Waals surface area (Å²) in [5.74, 6) is -0.0796. The van der Waals surface area contributed by atoms with E-state index in [9.17, 15) is 23.3 Å². The molecule has 8 nitrogen and oxygen atoms in total. The summed E-state index contributed by atoms with van der Waals surface area (Å²) in [6.45, 7) is 3.12. The van der Waals surface area contributed by atoms with Crippen molar-refractivity contribution >= 4 is 34.6 Å². The Bertz CT molecular complexity index is 1170. The number of nitrogens with zero attached hydrogens (tertiary/aromatic N) is 5. The standard InChI is InChI=1S/C22H20ClF3N6O2/c23-18-7-6-16(12-17(18)22(24,25)26)29-20-19(32(33)34)21(28-14-27-20)31-10-8-30(9-11-31)13-15-4-2-1-3-5-15/h1-7,12,14H,8-11,13H2,(H,27,28,29). The smallest absolute Gasteiger partial charge is 0.348 e. The van der Waals surface area contributed by atoms with Crippen LogP contribution in [0.4, 0.5) is 36.2 Å². The molecule has 1 aliphatic rings. The molecule has 12 heteroatoms. The lowest BCUT2D eigenvalue weighted by Crippen LogP contribution is -2.46. The molecule has 0 bridgehead atoms. The molecule has 0 unspecified atom stereocenters. The molecular formula is C22H20ClF3N6O2. The van der Waals surface area contributed by atoms with Crippen LogP contribution in [0, 0.1) is 10.1 Å². The summed E-state index contributed by atoms with van der Waals surface area (Å²) < 4.78 is 39.6. The predicted octanol–water partition coefficient (Wildman–Crippen LogP) is 5.12. The summed E-state index contributed by atoms with van der Waals surface area (Å²) >= 11 is 5.66. The number of nitro groups is 1. The van der Waals surface area contributed by atoms with E-state index in [1.165, 1.54) is 11.6 Å². The van der Waals surface area contributed by atoms with Crippen LogP contribution in [0.25, 0.3) is 0 Å². The number of anilines is 3. The van der Waals surface area contributed by atoms with Crippen molar-refractivity contribution in [3.8, 4) is 0 Å². The quantitative estimate of drug-likeness (QED) is 0.377. The van der Waals surface area contributed by atoms with Crippen LogP contribution in [0.3, 0.4) is 0 Å². The zero-order valence-electron chi connectivity index (χ0n) is 17.8. The van der Waals surface area contributed by atoms with Crippen LogP contribution in [0.15, 0.2) is 54.9 Å². The second-order valence-corrected chi connectivity index (χ2v) is 8.12. The number of nitrogens with one attached hydrogen (secondary N) is 1. The minimum Gasteiger partial charge on any atom is -0.348 e. The number of hydrogen-bond donors (Lipinski definition) is 1. The average molecular weight is 493 g/mol. The van der Waals surface area contributed by atoms with Crippen LogP contribution in [-0.4, -0.2) is 46.0 Å². The predicted molar refractivity (Wildman–Crippen MR) is 122 cm³/mol. The van der Waals surface area contributed by atoms with Gasteiger partial charge >= 0.3 is 11.9 Å². The van der Waals surface area contributed by atoms with Crippen molar-refractivity contribution in [1.29, 1.82) is 0 Å². The van der Waals surface area contributed by atoms with E-state index >= 15 is 0 Å². The number of rotatable bonds is 6. The van der Waals surface area contributed by atoms with Gasteiger partial charge in [-0.3, -0.25) is 15.0 Å². The van der Waals surface area contributed by atoms with Gasteiger partial charge in [0.2, 0.25) is 11.6 Å². The fourth-order valence-electron chi connectivity index (χ4n) is 3.78. The Balaban J connectivity index is 1.54. The van der Waals surface area contributed by atoms with Gasteiger partial charge in [0.25, 0.3) is 0 Å². The minimum atomic E-state index is -4.67. The number of aromatic nitrogens is 2. The summed E-state index contributed by atoms with van der Waals surface area (Å²) in [5.41, 5.74) is -0.304. The Morgan fingerprint density at radius 2 is 1.76 bits per heavy atom. The van der Waals surface area contributed by atoms with Crippen LogP contribution >= 0.6 is 11.6 Å². The van der Waals surface area contributed by atoms with E-state index in [4.69, 9.17) is 11.6 Å². The van der Waals surface area contributed by atoms with E-state index in [0.717, 1.165) is 25.0 Å². The molecule has 2 aromatic carbocycles. The maximum atomic E-state index is 13.2. The summed E-state index contributed by atoms with van der Waals surface area (Å²) in [7, 11) is 0. The largest absolute Gasteiger partial charge is 0.417 e. The lowest BCUT2D eigenvalue weighted by atomic mass is 10.2. The van der Waals surface area contributed by atoms with Crippen molar-refractivity contribution in [2.75, 3.05) is 36.4 Å². The Morgan fingerprint density at radius 3 is 2.41 bits per heavy atom. The zero-order chi connectivity index (χ0) is 24.3. The van der Waals surface area contributed by atoms with Crippen molar-refractivity contribution in [3.63, 3.8) is 0 Å². The number of benzene rings is 2. The van der Waals surface area contributed by atoms with E-state index < -0.39 is 27.4 Å². The third-order valence-electron chi connectivity index (χ3n) is 5.44. The highest BCUT2D eigenvalue weighted by Crippen LogP contribution is 2.38. The Morgan fingerprint density at radius 1 is 1.06 bits per heavy atom. The Kier molecular flexibility index (Phi) is 6.85. The Labute approximate surface area is 198 Å². The molecule has 1 fully saturated rings. The van der Waals surface area contributed by atoms with E-state index in [2.05, 4.69) is 20.2 Å². The fraction of sp³-hybridized carbons (Fsp3) is 0.273. The molecule has 34 heavy (non-hydrogen) atoms. The molecule has 178 valence electrons. The van der Waals surface area contributed by atoms with Gasteiger partial charge in [0.1, 0.15) is 6.33 Å². The topological polar surface area (TPSA) is 87.4 Å². The zero-order valence-corrected chi connectivity index (χ0v) is 18.6. The highest BCUT2D eigenvalue weighted by Gasteiger charge is 2.34. The molecule has 1 aliphatic heterocycles. The molecule has 1 saturated heterocycles. The van der Waals surface area contributed by atoms with Gasteiger partial charge in [-0.25, -0.2) is 9.97 Å². The molecule has 2 heterocycles. The first-order valence-corrected chi connectivity index (χ1v) is 10.7. The maximum Gasteiger partial charge on any atom is 0.417 e. The van der Waals surface area contributed by atoms with Crippen LogP contribution in [0.1, 0.15) is 11.1 Å². The van der Waals surface area contributed by atoms with Gasteiger partial charge in [-0.15, -0.1) is 0 Å². The van der Waals surface area contributed by atoms with Crippen molar-refractivity contribution in [3.05, 3.63) is 81.1 Å². The van der Waals surface area contributed by atoms with Gasteiger partial charge in [-0.2, -0.15) is 13.2 Å². The van der Waals surface area contributed by atoms with Gasteiger partial charge in [0.15, 0.2) is 0 Å². The van der Waals surface area contributed by atoms with Crippen LogP contribution in [0.2, 0.25) is 5.02 Å². The Hall–Kier alpha value is -3.44. The van der Waals surface area contributed by atoms with Crippen molar-refractivity contribution in [1.82, 2.24) is 14.9 Å². The summed E-state index contributed by atoms with van der Waals surface area (Å²) in [4.78, 5) is 23.3. The highest BCUT2D eigenvalue weighted by atomic mass is 35.5. The molecule has 1 N–H and O–H groups in total. The molecule has 0 atom stereocenters. The molecule has 3 aromatic rings. The molecule has 0 saturated carbocycles. The first-order chi connectivity index (χ1) is 16.2. The highest BCUT2D eigenvalue weighted by molar-refractivity contribution is 6.31. The van der Waals surface area contributed by atoms with E-state index in [1.54, 1.807) is 4.90 Å². The van der Waals surface area contributed by atoms with Gasteiger partial charge < -0.3 is 10.2 Å². The van der Waals surface area contributed by atoms with Crippen molar-refractivity contribution in [2.45, 2.75) is 12.7 Å². The van der Waals surface area contributed by atoms with E-state index in [0.29, 0.717) is 26.2 Å². The van der Waals surface area contributed by atoms with Crippen molar-refractivity contribution < 1.29 is 18.1 Å². The first kappa shape index (κ1) is 23.7. The summed E-state index contributed by atoms with van der Waals surface area (Å²) in [6.07, 6.45) is -3.52. The lowest BCUT2D eigenvalue weighted by Gasteiger charge is -2.35. The monoisotopic (exact) mass is 492 g/mol. The molecule has 0 spiro atoms. The third kappa shape index (κ3) is 5.37. The van der Waals surface area contributed by atoms with E-state index in [1.807, 2.05) is 30.3 Å². The fourth-order valence-corrected chi connectivity index (χ4v) is 4.00. The summed E-state index contributed by atoms with van der Waals surface area (Å²) in [5, 5.41) is 14.1. The number of hydrogen-bond acceptors (Lipinski definition) is 7. The van der Waals surface area contributed by atoms with Gasteiger partial charge in [0.05, 0.1) is 15.5 Å². The van der Waals surface area contributed by atoms with Gasteiger partial charge in [-0.05, 0) is 23.8 Å². The number of alkyl halides is 3. The lowest BCUT2D eigenvalue weighted by molar-refractivity contribution is -0.383. The SMILES string of the molecule is O=[N+]([O-])c1c(Nc2ccc(Cl)c(C(F)(F)F)c2)ncnc1N1CCN(Cc2ccccc2)CC1. The molecule has 0 radical (unpaired) electrons. The molecule has 1 aromatic heterocycles. The van der Waals surface area contributed by atoms with Crippen LogP contribution < -0.4 is 10.2 Å². The second kappa shape index (κ2) is 9.82. The molecule has 4 rings (SSSR count). The first-order valence-electron chi connectivity index (χ1n) is 10.4. The molecule has 0 aliphatic carbocycles. The van der Waals surface area contributed by atoms with Crippen LogP contribution in [0.5, 0.6) is 0 Å². The average Bonchev–Trinajstić information content (AvgIpc) is 2.80. The molecular weight excluding hydrogens is 473 g/mol. The summed E-state index contributed by atoms with van der Waals surface area (Å²) in [6, 6.07) is 13.1. The van der Waals surface area contributed by atoms with Crippen molar-refractivity contribution in [2.24, 2.45) is 0 Å². The third-order valence-corrected chi connectivity index (χ3v) is 5.77. The van der Waals surface area contributed by atoms with Crippen LogP contribution in [-0.2, 0) is 12.7 Å². The minimum absolute atomic E-state index is 0.0304. The maximum absolute atomic E-state index is 13.2.